The molecule has 0 aliphatic carbocycles. The molecule has 0 spiro atoms. The number of nitrogens with two attached hydrogens (primary N) is 1. The smallest absolute Gasteiger partial charge is 0.181 e. The molecule has 0 saturated carbocycles. The van der Waals surface area contributed by atoms with Crippen molar-refractivity contribution < 1.29 is 20.1 Å². The van der Waals surface area contributed by atoms with Crippen molar-refractivity contribution in [1.29, 1.82) is 0 Å². The normalized spacial score (nSPS) is 30.2. The van der Waals surface area contributed by atoms with Crippen molar-refractivity contribution in [3.63, 3.8) is 0 Å². The Morgan fingerprint density at radius 1 is 1.35 bits per heavy atom. The molecule has 9 nitrogen and oxygen atoms in total. The summed E-state index contributed by atoms with van der Waals surface area (Å²) < 4.78 is 6.76. The number of rotatable bonds is 3. The van der Waals surface area contributed by atoms with Crippen molar-refractivity contribution in [2.75, 3.05) is 6.61 Å². The summed E-state index contributed by atoms with van der Waals surface area (Å²) in [5.41, 5.74) is 0.433. The van der Waals surface area contributed by atoms with Crippen LogP contribution < -0.4 is 5.14 Å². The Morgan fingerprint density at radius 3 is 2.80 bits per heavy atom. The molecule has 3 heterocycles. The molecule has 3 rings (SSSR count). The molecular formula is C10H13N5O4S. The number of fused-ring (bicyclic) bond motifs is 1. The number of hydrogen-bond acceptors (Lipinski definition) is 9. The van der Waals surface area contributed by atoms with Gasteiger partial charge in [-0.15, -0.1) is 0 Å². The number of aliphatic hydroxyl groups excluding tert-OH is 3. The Balaban J connectivity index is 2.03. The first-order valence-electron chi connectivity index (χ1n) is 5.84. The minimum atomic E-state index is -1.21. The third-order valence-electron chi connectivity index (χ3n) is 3.22. The van der Waals surface area contributed by atoms with Crippen LogP contribution >= 0.6 is 11.9 Å². The van der Waals surface area contributed by atoms with Gasteiger partial charge in [-0.05, 0) is 11.9 Å². The first kappa shape index (κ1) is 13.7. The predicted octanol–water partition coefficient (Wildman–Crippen LogP) is -1.60. The maximum atomic E-state index is 10.00. The molecular weight excluding hydrogens is 286 g/mol. The molecule has 1 aliphatic rings. The summed E-state index contributed by atoms with van der Waals surface area (Å²) in [6, 6.07) is 0. The van der Waals surface area contributed by atoms with E-state index in [1.54, 1.807) is 0 Å². The van der Waals surface area contributed by atoms with Crippen molar-refractivity contribution in [2.24, 2.45) is 5.14 Å². The Labute approximate surface area is 117 Å². The zero-order chi connectivity index (χ0) is 14.3. The minimum Gasteiger partial charge on any atom is -0.394 e. The molecule has 2 aromatic heterocycles. The fourth-order valence-electron chi connectivity index (χ4n) is 2.20. The molecule has 0 aromatic carbocycles. The van der Waals surface area contributed by atoms with E-state index in [2.05, 4.69) is 15.1 Å². The Kier molecular flexibility index (Phi) is 3.58. The second kappa shape index (κ2) is 5.24. The van der Waals surface area contributed by atoms with E-state index < -0.39 is 31.1 Å². The fourth-order valence-corrected chi connectivity index (χ4v) is 2.58. The van der Waals surface area contributed by atoms with Crippen molar-refractivity contribution in [1.82, 2.24) is 19.7 Å². The van der Waals surface area contributed by atoms with Crippen LogP contribution in [-0.4, -0.2) is 60.0 Å². The number of ether oxygens (including phenoxy) is 1. The predicted molar refractivity (Wildman–Crippen MR) is 68.4 cm³/mol. The van der Waals surface area contributed by atoms with Crippen LogP contribution in [-0.2, 0) is 4.74 Å². The van der Waals surface area contributed by atoms with Crippen molar-refractivity contribution in [3.8, 4) is 0 Å². The third-order valence-corrected chi connectivity index (χ3v) is 3.77. The van der Waals surface area contributed by atoms with Crippen LogP contribution in [0.4, 0.5) is 0 Å². The molecule has 5 N–H and O–H groups in total. The van der Waals surface area contributed by atoms with Gasteiger partial charge in [0.1, 0.15) is 29.7 Å². The van der Waals surface area contributed by atoms with E-state index in [1.165, 1.54) is 17.2 Å². The van der Waals surface area contributed by atoms with E-state index in [4.69, 9.17) is 15.0 Å². The highest BCUT2D eigenvalue weighted by Crippen LogP contribution is 2.31. The van der Waals surface area contributed by atoms with Gasteiger partial charge in [-0.3, -0.25) is 5.14 Å². The van der Waals surface area contributed by atoms with Gasteiger partial charge >= 0.3 is 0 Å². The second-order valence-corrected chi connectivity index (χ2v) is 4.97. The zero-order valence-corrected chi connectivity index (χ0v) is 11.0. The van der Waals surface area contributed by atoms with E-state index in [0.29, 0.717) is 16.1 Å². The largest absolute Gasteiger partial charge is 0.394 e. The summed E-state index contributed by atoms with van der Waals surface area (Å²) in [5, 5.41) is 39.6. The van der Waals surface area contributed by atoms with Gasteiger partial charge in [0.05, 0.1) is 18.2 Å². The summed E-state index contributed by atoms with van der Waals surface area (Å²) in [5.74, 6) is 0. The average Bonchev–Trinajstić information content (AvgIpc) is 3.01. The van der Waals surface area contributed by atoms with E-state index >= 15 is 0 Å². The number of aromatic nitrogens is 4. The molecule has 108 valence electrons. The first-order valence-corrected chi connectivity index (χ1v) is 6.72. The summed E-state index contributed by atoms with van der Waals surface area (Å²) >= 11 is 0.963. The van der Waals surface area contributed by atoms with Crippen molar-refractivity contribution in [2.45, 2.75) is 29.6 Å². The van der Waals surface area contributed by atoms with Crippen LogP contribution in [0.5, 0.6) is 0 Å². The maximum absolute atomic E-state index is 10.00. The topological polar surface area (TPSA) is 140 Å². The monoisotopic (exact) mass is 299 g/mol. The highest BCUT2D eigenvalue weighted by molar-refractivity contribution is 7.97. The van der Waals surface area contributed by atoms with Crippen LogP contribution in [0.15, 0.2) is 17.6 Å². The minimum absolute atomic E-state index is 0.396. The highest BCUT2D eigenvalue weighted by Gasteiger charge is 2.44. The van der Waals surface area contributed by atoms with Gasteiger partial charge in [-0.2, -0.15) is 5.10 Å². The first-order chi connectivity index (χ1) is 9.67. The van der Waals surface area contributed by atoms with Gasteiger partial charge in [-0.1, -0.05) is 0 Å². The van der Waals surface area contributed by atoms with Crippen LogP contribution in [0.25, 0.3) is 11.0 Å². The van der Waals surface area contributed by atoms with E-state index in [9.17, 15) is 10.2 Å². The molecule has 2 aromatic rings. The van der Waals surface area contributed by atoms with E-state index in [1.807, 2.05) is 0 Å². The van der Waals surface area contributed by atoms with Crippen molar-refractivity contribution >= 4 is 23.0 Å². The lowest BCUT2D eigenvalue weighted by Crippen LogP contribution is -2.33. The van der Waals surface area contributed by atoms with Gasteiger partial charge in [-0.25, -0.2) is 14.6 Å². The Morgan fingerprint density at radius 2 is 2.15 bits per heavy atom. The molecule has 10 heteroatoms. The Hall–Kier alpha value is -1.30. The standard InChI is InChI=1S/C10H13N5O4S/c11-20-9-4-1-14-15(8(4)12-3-13-9)10-7(18)6(17)5(2-16)19-10/h1,3,5-7,10,16-18H,2,11H2/t5-,6-,7-,10-/m1/s1. The maximum Gasteiger partial charge on any atom is 0.181 e. The molecule has 0 radical (unpaired) electrons. The van der Waals surface area contributed by atoms with Crippen LogP contribution in [0.1, 0.15) is 6.23 Å². The molecule has 20 heavy (non-hydrogen) atoms. The summed E-state index contributed by atoms with van der Waals surface area (Å²) in [6.45, 7) is -0.396. The molecule has 1 saturated heterocycles. The van der Waals surface area contributed by atoms with Crippen LogP contribution in [0, 0.1) is 0 Å². The average molecular weight is 299 g/mol. The molecule has 4 atom stereocenters. The molecule has 0 bridgehead atoms. The third kappa shape index (κ3) is 1.97. The number of nitrogens with zero attached hydrogens (tertiary/aromatic N) is 4. The molecule has 0 unspecified atom stereocenters. The van der Waals surface area contributed by atoms with E-state index in [0.717, 1.165) is 11.9 Å². The lowest BCUT2D eigenvalue weighted by molar-refractivity contribution is -0.0566. The fraction of sp³-hybridized carbons (Fsp3) is 0.500. The number of hydrogen-bond donors (Lipinski definition) is 4. The zero-order valence-electron chi connectivity index (χ0n) is 10.2. The quantitative estimate of drug-likeness (QED) is 0.390. The second-order valence-electron chi connectivity index (χ2n) is 4.35. The van der Waals surface area contributed by atoms with Gasteiger partial charge in [0.2, 0.25) is 0 Å². The molecule has 1 aliphatic heterocycles. The summed E-state index contributed by atoms with van der Waals surface area (Å²) in [7, 11) is 0. The van der Waals surface area contributed by atoms with E-state index in [-0.39, 0.29) is 0 Å². The van der Waals surface area contributed by atoms with Crippen LogP contribution in [0.3, 0.4) is 0 Å². The SMILES string of the molecule is NSc1ncnc2c1cnn2[C@@H]1O[C@H](CO)[C@@H](O)[C@H]1O. The Bertz CT molecular complexity index is 623. The molecule has 1 fully saturated rings. The summed E-state index contributed by atoms with van der Waals surface area (Å²) in [4.78, 5) is 8.10. The van der Waals surface area contributed by atoms with Crippen LogP contribution in [0.2, 0.25) is 0 Å². The van der Waals surface area contributed by atoms with Crippen molar-refractivity contribution in [3.05, 3.63) is 12.5 Å². The van der Waals surface area contributed by atoms with Gasteiger partial charge in [0.15, 0.2) is 11.9 Å². The highest BCUT2D eigenvalue weighted by atomic mass is 32.2. The lowest BCUT2D eigenvalue weighted by Gasteiger charge is -2.15. The van der Waals surface area contributed by atoms with Gasteiger partial charge in [0, 0.05) is 0 Å². The lowest BCUT2D eigenvalue weighted by atomic mass is 10.1. The van der Waals surface area contributed by atoms with Gasteiger partial charge < -0.3 is 20.1 Å². The molecule has 0 amide bonds. The summed E-state index contributed by atoms with van der Waals surface area (Å²) in [6.07, 6.45) is -1.34. The number of aliphatic hydroxyl groups is 3. The van der Waals surface area contributed by atoms with Gasteiger partial charge in [0.25, 0.3) is 0 Å².